The van der Waals surface area contributed by atoms with Gasteiger partial charge in [-0.15, -0.1) is 10.2 Å². The molecule has 3 aromatic heterocycles. The number of rotatable bonds is 7. The van der Waals surface area contributed by atoms with Gasteiger partial charge in [0.1, 0.15) is 5.76 Å². The fourth-order valence-corrected chi connectivity index (χ4v) is 3.11. The molecule has 0 fully saturated rings. The van der Waals surface area contributed by atoms with Crippen molar-refractivity contribution in [1.82, 2.24) is 20.3 Å². The second-order valence-corrected chi connectivity index (χ2v) is 6.56. The van der Waals surface area contributed by atoms with Crippen molar-refractivity contribution in [2.24, 2.45) is 0 Å². The summed E-state index contributed by atoms with van der Waals surface area (Å²) in [6.07, 6.45) is 1.58. The van der Waals surface area contributed by atoms with Crippen molar-refractivity contribution in [3.63, 3.8) is 0 Å². The Morgan fingerprint density at radius 3 is 2.68 bits per heavy atom. The molecule has 28 heavy (non-hydrogen) atoms. The Labute approximate surface area is 164 Å². The molecule has 1 aromatic carbocycles. The van der Waals surface area contributed by atoms with Crippen LogP contribution in [0, 0.1) is 6.92 Å². The highest BCUT2D eigenvalue weighted by Crippen LogP contribution is 2.32. The summed E-state index contributed by atoms with van der Waals surface area (Å²) in [6.45, 7) is 1.83. The van der Waals surface area contributed by atoms with Gasteiger partial charge in [-0.05, 0) is 31.2 Å². The van der Waals surface area contributed by atoms with Gasteiger partial charge >= 0.3 is 0 Å². The first-order valence-corrected chi connectivity index (χ1v) is 9.22. The lowest BCUT2D eigenvalue weighted by Crippen LogP contribution is -1.91. The summed E-state index contributed by atoms with van der Waals surface area (Å²) in [7, 11) is 3.15. The van der Waals surface area contributed by atoms with E-state index in [4.69, 9.17) is 22.8 Å². The number of hydrogen-bond acceptors (Lipinski definition) is 10. The number of thioether (sulfide) groups is 1. The van der Waals surface area contributed by atoms with Crippen LogP contribution in [0.5, 0.6) is 11.5 Å². The number of hydrogen-bond donors (Lipinski definition) is 0. The maximum atomic E-state index is 5.64. The van der Waals surface area contributed by atoms with E-state index in [0.717, 1.165) is 16.9 Å². The molecular formula is C18H16N4O5S. The lowest BCUT2D eigenvalue weighted by molar-refractivity contribution is 0.355. The minimum atomic E-state index is 0.395. The highest BCUT2D eigenvalue weighted by Gasteiger charge is 2.16. The van der Waals surface area contributed by atoms with Gasteiger partial charge in [0.2, 0.25) is 11.7 Å². The number of aromatic nitrogens is 4. The molecule has 0 unspecified atom stereocenters. The fraction of sp³-hybridized carbons (Fsp3) is 0.222. The van der Waals surface area contributed by atoms with Crippen LogP contribution in [0.3, 0.4) is 0 Å². The third-order valence-electron chi connectivity index (χ3n) is 3.92. The highest BCUT2D eigenvalue weighted by molar-refractivity contribution is 7.98. The van der Waals surface area contributed by atoms with Crippen LogP contribution in [0.25, 0.3) is 22.8 Å². The number of benzene rings is 1. The molecule has 0 N–H and O–H groups in total. The lowest BCUT2D eigenvalue weighted by Gasteiger charge is -2.07. The van der Waals surface area contributed by atoms with Crippen LogP contribution in [0.1, 0.15) is 11.7 Å². The first kappa shape index (κ1) is 18.1. The minimum absolute atomic E-state index is 0.395. The molecule has 3 heterocycles. The van der Waals surface area contributed by atoms with E-state index < -0.39 is 0 Å². The molecule has 0 amide bonds. The summed E-state index contributed by atoms with van der Waals surface area (Å²) in [6, 6.07) is 7.19. The molecule has 0 aliphatic rings. The van der Waals surface area contributed by atoms with Crippen LogP contribution in [0.15, 0.2) is 49.1 Å². The smallest absolute Gasteiger partial charge is 0.277 e. The Balaban J connectivity index is 1.44. The molecular weight excluding hydrogens is 384 g/mol. The number of nitrogens with zero attached hydrogens (tertiary/aromatic N) is 4. The van der Waals surface area contributed by atoms with Gasteiger partial charge in [-0.1, -0.05) is 16.9 Å². The molecule has 10 heteroatoms. The topological polar surface area (TPSA) is 109 Å². The second-order valence-electron chi connectivity index (χ2n) is 5.63. The maximum Gasteiger partial charge on any atom is 0.277 e. The average Bonchev–Trinajstić information content (AvgIpc) is 3.46. The Bertz CT molecular complexity index is 1090. The van der Waals surface area contributed by atoms with Crippen LogP contribution in [-0.4, -0.2) is 34.6 Å². The van der Waals surface area contributed by atoms with Gasteiger partial charge in [0.05, 0.1) is 31.8 Å². The largest absolute Gasteiger partial charge is 0.493 e. The third kappa shape index (κ3) is 3.58. The van der Waals surface area contributed by atoms with Gasteiger partial charge in [-0.2, -0.15) is 4.98 Å². The zero-order valence-corrected chi connectivity index (χ0v) is 16.1. The van der Waals surface area contributed by atoms with Crippen molar-refractivity contribution in [2.75, 3.05) is 14.2 Å². The predicted octanol–water partition coefficient (Wildman–Crippen LogP) is 4.00. The lowest BCUT2D eigenvalue weighted by atomic mass is 10.2. The first-order valence-electron chi connectivity index (χ1n) is 8.23. The first-order chi connectivity index (χ1) is 13.7. The SMILES string of the molecule is COc1ccc(-c2noc(CSc3nnc(-c4ccoc4C)o3)n2)cc1OC. The van der Waals surface area contributed by atoms with Crippen LogP contribution in [0.4, 0.5) is 0 Å². The van der Waals surface area contributed by atoms with Crippen molar-refractivity contribution in [3.8, 4) is 34.3 Å². The molecule has 0 bridgehead atoms. The maximum absolute atomic E-state index is 5.64. The molecule has 4 rings (SSSR count). The molecule has 0 atom stereocenters. The standard InChI is InChI=1S/C18H16N4O5S/c1-10-12(6-7-25-10)17-20-21-18(26-17)28-9-15-19-16(22-27-15)11-4-5-13(23-2)14(8-11)24-3/h4-8H,9H2,1-3H3. The predicted molar refractivity (Wildman–Crippen MR) is 99.1 cm³/mol. The third-order valence-corrected chi connectivity index (χ3v) is 4.73. The van der Waals surface area contributed by atoms with Crippen LogP contribution < -0.4 is 9.47 Å². The van der Waals surface area contributed by atoms with E-state index in [9.17, 15) is 0 Å². The second kappa shape index (κ2) is 7.77. The van der Waals surface area contributed by atoms with E-state index in [1.807, 2.05) is 13.0 Å². The van der Waals surface area contributed by atoms with Crippen LogP contribution in [0.2, 0.25) is 0 Å². The zero-order valence-electron chi connectivity index (χ0n) is 15.3. The Morgan fingerprint density at radius 2 is 1.93 bits per heavy atom. The van der Waals surface area contributed by atoms with E-state index in [2.05, 4.69) is 20.3 Å². The number of methoxy groups -OCH3 is 2. The Morgan fingerprint density at radius 1 is 1.07 bits per heavy atom. The van der Waals surface area contributed by atoms with Crippen molar-refractivity contribution >= 4 is 11.8 Å². The van der Waals surface area contributed by atoms with Crippen LogP contribution >= 0.6 is 11.8 Å². The normalized spacial score (nSPS) is 11.0. The van der Waals surface area contributed by atoms with Crippen molar-refractivity contribution in [2.45, 2.75) is 17.9 Å². The molecule has 0 saturated carbocycles. The zero-order chi connectivity index (χ0) is 19.5. The van der Waals surface area contributed by atoms with E-state index in [1.165, 1.54) is 11.8 Å². The Hall–Kier alpha value is -3.27. The highest BCUT2D eigenvalue weighted by atomic mass is 32.2. The summed E-state index contributed by atoms with van der Waals surface area (Å²) < 4.78 is 26.7. The van der Waals surface area contributed by atoms with E-state index in [0.29, 0.717) is 40.1 Å². The summed E-state index contributed by atoms with van der Waals surface area (Å²) >= 11 is 1.31. The van der Waals surface area contributed by atoms with E-state index in [1.54, 1.807) is 38.7 Å². The average molecular weight is 400 g/mol. The molecule has 0 spiro atoms. The monoisotopic (exact) mass is 400 g/mol. The molecule has 0 radical (unpaired) electrons. The number of furan rings is 1. The van der Waals surface area contributed by atoms with Gasteiger partial charge in [-0.25, -0.2) is 0 Å². The molecule has 0 aliphatic carbocycles. The summed E-state index contributed by atoms with van der Waals surface area (Å²) in [5.74, 6) is 3.64. The van der Waals surface area contributed by atoms with Crippen molar-refractivity contribution < 1.29 is 22.8 Å². The minimum Gasteiger partial charge on any atom is -0.493 e. The summed E-state index contributed by atoms with van der Waals surface area (Å²) in [5, 5.41) is 12.5. The van der Waals surface area contributed by atoms with Gasteiger partial charge in [0.15, 0.2) is 11.5 Å². The molecule has 4 aromatic rings. The molecule has 0 saturated heterocycles. The van der Waals surface area contributed by atoms with E-state index in [-0.39, 0.29) is 0 Å². The van der Waals surface area contributed by atoms with Gasteiger partial charge < -0.3 is 22.8 Å². The van der Waals surface area contributed by atoms with Gasteiger partial charge in [0, 0.05) is 5.56 Å². The van der Waals surface area contributed by atoms with E-state index >= 15 is 0 Å². The summed E-state index contributed by atoms with van der Waals surface area (Å²) in [5.41, 5.74) is 1.53. The van der Waals surface area contributed by atoms with Gasteiger partial charge in [-0.3, -0.25) is 0 Å². The Kier molecular flexibility index (Phi) is 5.02. The number of ether oxygens (including phenoxy) is 2. The van der Waals surface area contributed by atoms with Crippen molar-refractivity contribution in [3.05, 3.63) is 42.2 Å². The van der Waals surface area contributed by atoms with Crippen LogP contribution in [-0.2, 0) is 5.75 Å². The molecule has 144 valence electrons. The van der Waals surface area contributed by atoms with Gasteiger partial charge in [0.25, 0.3) is 11.1 Å². The van der Waals surface area contributed by atoms with Crippen molar-refractivity contribution in [1.29, 1.82) is 0 Å². The fourth-order valence-electron chi connectivity index (χ4n) is 2.51. The molecule has 9 nitrogen and oxygen atoms in total. The summed E-state index contributed by atoms with van der Waals surface area (Å²) in [4.78, 5) is 4.40. The quantitative estimate of drug-likeness (QED) is 0.422. The number of aryl methyl sites for hydroxylation is 1. The molecule has 0 aliphatic heterocycles.